The highest BCUT2D eigenvalue weighted by Gasteiger charge is 2.52. The van der Waals surface area contributed by atoms with Crippen LogP contribution in [0.15, 0.2) is 35.4 Å². The van der Waals surface area contributed by atoms with Gasteiger partial charge in [-0.2, -0.15) is 0 Å². The molecule has 2 aromatic rings. The second-order valence-electron chi connectivity index (χ2n) is 24.2. The number of ether oxygens (including phenoxy) is 6. The zero-order valence-corrected chi connectivity index (χ0v) is 49.4. The average Bonchev–Trinajstić information content (AvgIpc) is 3.84. The zero-order chi connectivity index (χ0) is 57.5. The van der Waals surface area contributed by atoms with Gasteiger partial charge in [0.05, 0.1) is 70.0 Å². The summed E-state index contributed by atoms with van der Waals surface area (Å²) >= 11 is 0. The van der Waals surface area contributed by atoms with Crippen molar-refractivity contribution in [2.24, 2.45) is 23.7 Å². The van der Waals surface area contributed by atoms with Gasteiger partial charge >= 0.3 is 5.97 Å². The van der Waals surface area contributed by atoms with Gasteiger partial charge in [0.15, 0.2) is 22.4 Å². The minimum absolute atomic E-state index is 0.0154. The van der Waals surface area contributed by atoms with Crippen LogP contribution in [-0.4, -0.2) is 202 Å². The Morgan fingerprint density at radius 3 is 2.25 bits per heavy atom. The third-order valence-electron chi connectivity index (χ3n) is 16.8. The lowest BCUT2D eigenvalue weighted by atomic mass is 9.78. The first kappa shape index (κ1) is 65.0. The molecule has 3 saturated heterocycles. The summed E-state index contributed by atoms with van der Waals surface area (Å²) in [5.74, 6) is -2.58. The van der Waals surface area contributed by atoms with Crippen LogP contribution in [0.3, 0.4) is 0 Å². The maximum atomic E-state index is 14.6. The van der Waals surface area contributed by atoms with Crippen molar-refractivity contribution in [2.75, 3.05) is 46.7 Å². The molecule has 442 valence electrons. The maximum absolute atomic E-state index is 14.6. The number of aliphatic hydroxyl groups is 5. The van der Waals surface area contributed by atoms with Gasteiger partial charge in [-0.15, -0.1) is 5.10 Å². The third-order valence-corrected chi connectivity index (χ3v) is 18.9. The van der Waals surface area contributed by atoms with E-state index in [1.165, 1.54) is 11.8 Å². The van der Waals surface area contributed by atoms with Crippen LogP contribution in [0.1, 0.15) is 139 Å². The molecule has 4 heterocycles. The summed E-state index contributed by atoms with van der Waals surface area (Å²) in [6, 6.07) is 4.99. The first-order chi connectivity index (χ1) is 35.9. The fourth-order valence-electron chi connectivity index (χ4n) is 11.6. The van der Waals surface area contributed by atoms with Crippen molar-refractivity contribution in [1.82, 2.24) is 24.8 Å². The van der Waals surface area contributed by atoms with Crippen LogP contribution in [0, 0.1) is 23.7 Å². The van der Waals surface area contributed by atoms with E-state index in [-0.39, 0.29) is 60.6 Å². The van der Waals surface area contributed by atoms with E-state index < -0.39 is 125 Å². The number of carbonyl (C=O) groups is 1. The van der Waals surface area contributed by atoms with Gasteiger partial charge in [0.2, 0.25) is 0 Å². The van der Waals surface area contributed by atoms with E-state index in [1.54, 1.807) is 78.9 Å². The van der Waals surface area contributed by atoms with Crippen LogP contribution in [0.2, 0.25) is 0 Å². The quantitative estimate of drug-likeness (QED) is 0.130. The molecule has 5 N–H and O–H groups in total. The number of hydrogen-bond acceptors (Lipinski definition) is 18. The van der Waals surface area contributed by atoms with Gasteiger partial charge in [-0.05, 0) is 124 Å². The lowest BCUT2D eigenvalue weighted by Crippen LogP contribution is -2.60. The molecule has 0 unspecified atom stereocenters. The van der Waals surface area contributed by atoms with E-state index in [0.29, 0.717) is 38.0 Å². The second kappa shape index (κ2) is 27.3. The summed E-state index contributed by atoms with van der Waals surface area (Å²) in [5, 5.41) is 68.2. The van der Waals surface area contributed by atoms with Crippen molar-refractivity contribution in [2.45, 2.75) is 236 Å². The van der Waals surface area contributed by atoms with Crippen LogP contribution in [0.4, 0.5) is 4.39 Å². The van der Waals surface area contributed by atoms with Gasteiger partial charge in [-0.3, -0.25) is 4.79 Å². The summed E-state index contributed by atoms with van der Waals surface area (Å²) in [6.45, 7) is 21.7. The Hall–Kier alpha value is -2.77. The molecule has 1 aromatic carbocycles. The molecule has 3 aliphatic rings. The Morgan fingerprint density at radius 2 is 1.64 bits per heavy atom. The average molecular weight is 1110 g/mol. The van der Waals surface area contributed by atoms with Crippen LogP contribution in [-0.2, 0) is 55.9 Å². The molecule has 5 rings (SSSR count). The predicted octanol–water partition coefficient (Wildman–Crippen LogP) is 5.07. The Kier molecular flexibility index (Phi) is 23.1. The molecule has 21 heteroatoms. The largest absolute Gasteiger partial charge is 0.459 e. The van der Waals surface area contributed by atoms with Gasteiger partial charge in [0, 0.05) is 63.7 Å². The van der Waals surface area contributed by atoms with E-state index in [9.17, 15) is 43.1 Å². The van der Waals surface area contributed by atoms with Crippen molar-refractivity contribution in [3.63, 3.8) is 0 Å². The number of hydrogen-bond donors (Lipinski definition) is 5. The van der Waals surface area contributed by atoms with Crippen molar-refractivity contribution >= 4 is 15.8 Å². The number of aliphatic hydroxyl groups excluding tert-OH is 3. The maximum Gasteiger partial charge on any atom is 0.311 e. The van der Waals surface area contributed by atoms with Gasteiger partial charge in [0.1, 0.15) is 30.6 Å². The summed E-state index contributed by atoms with van der Waals surface area (Å²) in [5.41, 5.74) is -2.96. The van der Waals surface area contributed by atoms with Crippen LogP contribution in [0.25, 0.3) is 0 Å². The van der Waals surface area contributed by atoms with E-state index in [2.05, 4.69) is 17.2 Å². The Morgan fingerprint density at radius 1 is 0.974 bits per heavy atom. The molecule has 0 bridgehead atoms. The molecule has 0 spiro atoms. The molecule has 0 amide bonds. The highest BCUT2D eigenvalue weighted by molar-refractivity contribution is 7.91. The number of alkyl halides is 1. The monoisotopic (exact) mass is 1110 g/mol. The lowest BCUT2D eigenvalue weighted by Gasteiger charge is -2.48. The Balaban J connectivity index is 1.41. The first-order valence-electron chi connectivity index (χ1n) is 27.9. The van der Waals surface area contributed by atoms with E-state index >= 15 is 0 Å². The van der Waals surface area contributed by atoms with Gasteiger partial charge in [-0.25, -0.2) is 17.5 Å². The number of methoxy groups -OCH3 is 1. The summed E-state index contributed by atoms with van der Waals surface area (Å²) in [7, 11) is 1.84. The van der Waals surface area contributed by atoms with Crippen LogP contribution < -0.4 is 0 Å². The standard InChI is InChI=1S/C56H96FN5O14S/c1-16-46-55(11,68)27-45(63)38(8)61(14)30-34(4)21-23-54(10,67)51(36(6)49(37(7)52(66)74-46)75-47-28-56(12,71-15)50(65)39(9)73-47)76-53-48(64)44(25-35(5)72-53)60(13)24-22-41-31-62(59-58-41)42(29-57)26-40-17-19-43(20-18-40)77(69,70)32-33(2)3/h17-20,31,33-39,42,44-51,53,63-65,67-68H,16,21-30,32H2,1-15H3/t34-,35-,36+,37-,38-,39+,42+,44+,45+,46-,47+,48-,49+,50+,51-,53+,54-,55+,56-/m1/s1. The Labute approximate surface area is 458 Å². The minimum Gasteiger partial charge on any atom is -0.459 e. The molecule has 0 radical (unpaired) electrons. The SMILES string of the molecule is CC[C@H]1OC(=O)[C@H](C)[C@@H](O[C@H]2C[C@@](C)(OC)[C@@H](O)[C@H](C)O2)[C@H](C)[C@@H](O[C@@H]2O[C@H](C)C[C@H](N(C)CCc3cn([C@H](CF)Cc4ccc(S(=O)(=O)CC(C)C)cc4)nn3)[C@H]2O)[C@](C)(O)CC[C@@H](C)CN(C)[C@H](C)[C@@H](O)C[C@]1(C)O. The number of nitrogens with zero attached hydrogens (tertiary/aromatic N) is 5. The fourth-order valence-corrected chi connectivity index (χ4v) is 13.2. The molecular weight excluding hydrogens is 1020 g/mol. The summed E-state index contributed by atoms with van der Waals surface area (Å²) in [6.07, 6.45) is -6.05. The number of rotatable bonds is 17. The number of benzene rings is 1. The number of halogens is 1. The number of likely N-dealkylation sites (N-methyl/N-ethyl adjacent to an activating group) is 2. The lowest BCUT2D eigenvalue weighted by molar-refractivity contribution is -0.318. The zero-order valence-electron chi connectivity index (χ0n) is 48.6. The molecule has 0 saturated carbocycles. The molecule has 19 atom stereocenters. The molecular formula is C56H96FN5O14S. The smallest absolute Gasteiger partial charge is 0.311 e. The molecule has 77 heavy (non-hydrogen) atoms. The highest BCUT2D eigenvalue weighted by Crippen LogP contribution is 2.40. The van der Waals surface area contributed by atoms with Gasteiger partial charge in [0.25, 0.3) is 0 Å². The summed E-state index contributed by atoms with van der Waals surface area (Å²) < 4.78 is 80.0. The molecule has 19 nitrogen and oxygen atoms in total. The number of carbonyl (C=O) groups excluding carboxylic acids is 1. The second-order valence-corrected chi connectivity index (χ2v) is 26.3. The molecule has 1 aromatic heterocycles. The minimum atomic E-state index is -3.43. The van der Waals surface area contributed by atoms with Gasteiger partial charge < -0.3 is 63.8 Å². The Bertz CT molecular complexity index is 2260. The normalized spacial score (nSPS) is 38.4. The highest BCUT2D eigenvalue weighted by atomic mass is 32.2. The van der Waals surface area contributed by atoms with Crippen LogP contribution >= 0.6 is 0 Å². The van der Waals surface area contributed by atoms with Crippen molar-refractivity contribution < 1.29 is 71.6 Å². The first-order valence-corrected chi connectivity index (χ1v) is 29.6. The van der Waals surface area contributed by atoms with E-state index in [0.717, 1.165) is 5.56 Å². The number of esters is 1. The molecule has 3 fully saturated rings. The van der Waals surface area contributed by atoms with E-state index in [1.807, 2.05) is 51.6 Å². The van der Waals surface area contributed by atoms with Crippen molar-refractivity contribution in [1.29, 1.82) is 0 Å². The topological polar surface area (TPSA) is 245 Å². The molecule has 0 aliphatic carbocycles. The van der Waals surface area contributed by atoms with Crippen molar-refractivity contribution in [3.05, 3.63) is 41.7 Å². The summed E-state index contributed by atoms with van der Waals surface area (Å²) in [4.78, 5) is 18.8. The number of aromatic nitrogens is 3. The van der Waals surface area contributed by atoms with Crippen LogP contribution in [0.5, 0.6) is 0 Å². The number of sulfone groups is 1. The van der Waals surface area contributed by atoms with Crippen molar-refractivity contribution in [3.8, 4) is 0 Å². The predicted molar refractivity (Wildman–Crippen MR) is 288 cm³/mol. The third kappa shape index (κ3) is 16.7. The molecule has 3 aliphatic heterocycles. The van der Waals surface area contributed by atoms with E-state index in [4.69, 9.17) is 28.4 Å². The van der Waals surface area contributed by atoms with Gasteiger partial charge in [-0.1, -0.05) is 52.0 Å². The fraction of sp³-hybridized carbons (Fsp3) is 0.839. The number of cyclic esters (lactones) is 1.